The molecule has 1 amide bonds. The molecule has 2 aromatic carbocycles. The second-order valence-electron chi connectivity index (χ2n) is 6.18. The van der Waals surface area contributed by atoms with Gasteiger partial charge in [-0.15, -0.1) is 0 Å². The van der Waals surface area contributed by atoms with Gasteiger partial charge in [-0.3, -0.25) is 10.1 Å². The molecule has 29 heavy (non-hydrogen) atoms. The lowest BCUT2D eigenvalue weighted by Crippen LogP contribution is -2.10. The fourth-order valence-electron chi connectivity index (χ4n) is 2.93. The number of methoxy groups -OCH3 is 2. The standard InChI is InChI=1S/C21H17ClN2O4S/c1-26-13-6-8-16(27-2)12(10-13)11-14-7-9-17(28-14)20(25)24-21-23-19-15(22)4-3-5-18(19)29-21/h3-10H,11H2,1-2H3,(H,23,24,25). The molecular formula is C21H17ClN2O4S. The van der Waals surface area contributed by atoms with E-state index in [4.69, 9.17) is 25.5 Å². The first-order valence-corrected chi connectivity index (χ1v) is 9.93. The van der Waals surface area contributed by atoms with Crippen molar-refractivity contribution in [2.45, 2.75) is 6.42 Å². The number of ether oxygens (including phenoxy) is 2. The number of thiazole rings is 1. The molecule has 8 heteroatoms. The zero-order valence-electron chi connectivity index (χ0n) is 15.7. The van der Waals surface area contributed by atoms with Gasteiger partial charge in [-0.2, -0.15) is 0 Å². The highest BCUT2D eigenvalue weighted by Crippen LogP contribution is 2.31. The molecule has 0 fully saturated rings. The van der Waals surface area contributed by atoms with Crippen molar-refractivity contribution in [2.75, 3.05) is 19.5 Å². The average Bonchev–Trinajstić information content (AvgIpc) is 3.35. The van der Waals surface area contributed by atoms with E-state index in [1.165, 1.54) is 11.3 Å². The third kappa shape index (κ3) is 4.06. The summed E-state index contributed by atoms with van der Waals surface area (Å²) in [6.45, 7) is 0. The number of amides is 1. The van der Waals surface area contributed by atoms with Crippen molar-refractivity contribution in [3.63, 3.8) is 0 Å². The lowest BCUT2D eigenvalue weighted by atomic mass is 10.1. The summed E-state index contributed by atoms with van der Waals surface area (Å²) in [6.07, 6.45) is 0.463. The minimum absolute atomic E-state index is 0.201. The van der Waals surface area contributed by atoms with Crippen LogP contribution < -0.4 is 14.8 Å². The van der Waals surface area contributed by atoms with E-state index in [2.05, 4.69) is 10.3 Å². The van der Waals surface area contributed by atoms with Crippen LogP contribution in [-0.2, 0) is 6.42 Å². The molecule has 6 nitrogen and oxygen atoms in total. The quantitative estimate of drug-likeness (QED) is 0.445. The van der Waals surface area contributed by atoms with Gasteiger partial charge in [0.1, 0.15) is 22.8 Å². The summed E-state index contributed by atoms with van der Waals surface area (Å²) in [5, 5.41) is 3.78. The van der Waals surface area contributed by atoms with Gasteiger partial charge in [0.2, 0.25) is 0 Å². The second kappa shape index (κ2) is 8.14. The molecule has 0 bridgehead atoms. The Labute approximate surface area is 176 Å². The Morgan fingerprint density at radius 1 is 1.17 bits per heavy atom. The zero-order valence-corrected chi connectivity index (χ0v) is 17.3. The maximum atomic E-state index is 12.5. The second-order valence-corrected chi connectivity index (χ2v) is 7.62. The number of halogens is 1. The summed E-state index contributed by atoms with van der Waals surface area (Å²) in [7, 11) is 3.22. The monoisotopic (exact) mass is 428 g/mol. The minimum Gasteiger partial charge on any atom is -0.497 e. The van der Waals surface area contributed by atoms with Crippen molar-refractivity contribution in [3.8, 4) is 11.5 Å². The van der Waals surface area contributed by atoms with Crippen LogP contribution in [0.1, 0.15) is 21.9 Å². The fraction of sp³-hybridized carbons (Fsp3) is 0.143. The highest BCUT2D eigenvalue weighted by Gasteiger charge is 2.16. The Morgan fingerprint density at radius 2 is 2.03 bits per heavy atom. The molecule has 0 saturated carbocycles. The average molecular weight is 429 g/mol. The number of nitrogens with zero attached hydrogens (tertiary/aromatic N) is 1. The summed E-state index contributed by atoms with van der Waals surface area (Å²) in [6, 6.07) is 14.5. The van der Waals surface area contributed by atoms with E-state index < -0.39 is 0 Å². The van der Waals surface area contributed by atoms with Crippen LogP contribution in [-0.4, -0.2) is 25.1 Å². The zero-order chi connectivity index (χ0) is 20.4. The van der Waals surface area contributed by atoms with Crippen LogP contribution in [0.5, 0.6) is 11.5 Å². The molecular weight excluding hydrogens is 412 g/mol. The van der Waals surface area contributed by atoms with Crippen LogP contribution in [0.25, 0.3) is 10.2 Å². The molecule has 1 N–H and O–H groups in total. The van der Waals surface area contributed by atoms with Crippen LogP contribution in [0.4, 0.5) is 5.13 Å². The molecule has 148 valence electrons. The summed E-state index contributed by atoms with van der Waals surface area (Å²) in [4.78, 5) is 16.9. The normalized spacial score (nSPS) is 10.9. The first kappa shape index (κ1) is 19.3. The number of anilines is 1. The number of fused-ring (bicyclic) bond motifs is 1. The van der Waals surface area contributed by atoms with Gasteiger partial charge in [0.25, 0.3) is 5.91 Å². The van der Waals surface area contributed by atoms with Gasteiger partial charge in [-0.1, -0.05) is 29.0 Å². The van der Waals surface area contributed by atoms with E-state index in [1.807, 2.05) is 30.3 Å². The number of benzene rings is 2. The Balaban J connectivity index is 1.51. The third-order valence-corrected chi connectivity index (χ3v) is 5.57. The van der Waals surface area contributed by atoms with Gasteiger partial charge in [0.05, 0.1) is 23.9 Å². The predicted molar refractivity (Wildman–Crippen MR) is 114 cm³/mol. The van der Waals surface area contributed by atoms with Crippen molar-refractivity contribution in [2.24, 2.45) is 0 Å². The van der Waals surface area contributed by atoms with E-state index in [0.717, 1.165) is 21.8 Å². The van der Waals surface area contributed by atoms with Crippen molar-refractivity contribution in [1.82, 2.24) is 4.98 Å². The van der Waals surface area contributed by atoms with Gasteiger partial charge >= 0.3 is 0 Å². The maximum absolute atomic E-state index is 12.5. The number of hydrogen-bond donors (Lipinski definition) is 1. The molecule has 0 spiro atoms. The molecule has 0 radical (unpaired) electrons. The van der Waals surface area contributed by atoms with Crippen molar-refractivity contribution in [3.05, 3.63) is 70.6 Å². The minimum atomic E-state index is -0.371. The smallest absolute Gasteiger partial charge is 0.293 e. The van der Waals surface area contributed by atoms with Crippen LogP contribution in [0, 0.1) is 0 Å². The topological polar surface area (TPSA) is 73.6 Å². The predicted octanol–water partition coefficient (Wildman–Crippen LogP) is 5.40. The van der Waals surface area contributed by atoms with E-state index in [-0.39, 0.29) is 11.7 Å². The van der Waals surface area contributed by atoms with Gasteiger partial charge in [-0.25, -0.2) is 4.98 Å². The van der Waals surface area contributed by atoms with Crippen molar-refractivity contribution < 1.29 is 18.7 Å². The van der Waals surface area contributed by atoms with E-state index in [9.17, 15) is 4.79 Å². The Hall–Kier alpha value is -3.03. The number of carbonyl (C=O) groups excluding carboxylic acids is 1. The molecule has 2 heterocycles. The van der Waals surface area contributed by atoms with Crippen LogP contribution >= 0.6 is 22.9 Å². The largest absolute Gasteiger partial charge is 0.497 e. The Bertz CT molecular complexity index is 1180. The molecule has 4 aromatic rings. The molecule has 0 aliphatic rings. The fourth-order valence-corrected chi connectivity index (χ4v) is 4.09. The molecule has 2 aromatic heterocycles. The summed E-state index contributed by atoms with van der Waals surface area (Å²) in [5.41, 5.74) is 1.56. The van der Waals surface area contributed by atoms with E-state index >= 15 is 0 Å². The number of rotatable bonds is 6. The number of hydrogen-bond acceptors (Lipinski definition) is 6. The van der Waals surface area contributed by atoms with Crippen molar-refractivity contribution in [1.29, 1.82) is 0 Å². The first-order valence-electron chi connectivity index (χ1n) is 8.73. The van der Waals surface area contributed by atoms with Gasteiger partial charge in [0.15, 0.2) is 10.9 Å². The van der Waals surface area contributed by atoms with Crippen LogP contribution in [0.2, 0.25) is 5.02 Å². The SMILES string of the molecule is COc1ccc(OC)c(Cc2ccc(C(=O)Nc3nc4c(Cl)cccc4s3)o2)c1. The van der Waals surface area contributed by atoms with Crippen molar-refractivity contribution >= 4 is 44.2 Å². The van der Waals surface area contributed by atoms with Crippen LogP contribution in [0.3, 0.4) is 0 Å². The van der Waals surface area contributed by atoms with E-state index in [1.54, 1.807) is 32.4 Å². The summed E-state index contributed by atoms with van der Waals surface area (Å²) < 4.78 is 17.3. The van der Waals surface area contributed by atoms with Crippen LogP contribution in [0.15, 0.2) is 52.9 Å². The highest BCUT2D eigenvalue weighted by molar-refractivity contribution is 7.22. The molecule has 0 unspecified atom stereocenters. The number of nitrogens with one attached hydrogen (secondary N) is 1. The summed E-state index contributed by atoms with van der Waals surface area (Å²) in [5.74, 6) is 1.91. The Kier molecular flexibility index (Phi) is 5.42. The molecule has 0 aliphatic carbocycles. The number of carbonyl (C=O) groups is 1. The molecule has 4 rings (SSSR count). The molecule has 0 saturated heterocycles. The van der Waals surface area contributed by atoms with E-state index in [0.29, 0.717) is 27.9 Å². The lowest BCUT2D eigenvalue weighted by Gasteiger charge is -2.09. The van der Waals surface area contributed by atoms with Gasteiger partial charge in [-0.05, 0) is 42.5 Å². The van der Waals surface area contributed by atoms with Gasteiger partial charge in [0, 0.05) is 12.0 Å². The maximum Gasteiger partial charge on any atom is 0.293 e. The highest BCUT2D eigenvalue weighted by atomic mass is 35.5. The van der Waals surface area contributed by atoms with Gasteiger partial charge < -0.3 is 13.9 Å². The third-order valence-electron chi connectivity index (χ3n) is 4.33. The number of para-hydroxylation sites is 1. The molecule has 0 aliphatic heterocycles. The summed E-state index contributed by atoms with van der Waals surface area (Å²) >= 11 is 7.50. The Morgan fingerprint density at radius 3 is 2.79 bits per heavy atom. The number of aromatic nitrogens is 1. The lowest BCUT2D eigenvalue weighted by molar-refractivity contribution is 0.0995. The first-order chi connectivity index (χ1) is 14.1. The molecule has 0 atom stereocenters. The number of furan rings is 1.